The van der Waals surface area contributed by atoms with Crippen molar-refractivity contribution in [1.82, 2.24) is 10.3 Å². The molecule has 0 amide bonds. The van der Waals surface area contributed by atoms with Crippen molar-refractivity contribution in [3.8, 4) is 0 Å². The van der Waals surface area contributed by atoms with Crippen LogP contribution in [0.15, 0.2) is 18.3 Å². The minimum atomic E-state index is 0. The number of nitrogen functional groups attached to an aromatic ring is 1. The van der Waals surface area contributed by atoms with Crippen LogP contribution in [0.25, 0.3) is 0 Å². The number of piperidine rings is 1. The second-order valence-corrected chi connectivity index (χ2v) is 3.56. The van der Waals surface area contributed by atoms with E-state index in [-0.39, 0.29) is 24.8 Å². The van der Waals surface area contributed by atoms with Crippen LogP contribution in [0.1, 0.15) is 24.3 Å². The first-order valence-corrected chi connectivity index (χ1v) is 4.78. The summed E-state index contributed by atoms with van der Waals surface area (Å²) in [6.45, 7) is 2.23. The summed E-state index contributed by atoms with van der Waals surface area (Å²) in [6, 6.07) is 3.96. The number of nitrogens with two attached hydrogens (primary N) is 1. The summed E-state index contributed by atoms with van der Waals surface area (Å²) in [5.74, 6) is 1.23. The van der Waals surface area contributed by atoms with Gasteiger partial charge in [-0.3, -0.25) is 0 Å². The highest BCUT2D eigenvalue weighted by Crippen LogP contribution is 2.22. The number of nitrogens with zero attached hydrogens (tertiary/aromatic N) is 1. The fraction of sp³-hybridized carbons (Fsp3) is 0.500. The molecule has 1 saturated heterocycles. The van der Waals surface area contributed by atoms with Gasteiger partial charge in [-0.15, -0.1) is 24.8 Å². The Kier molecular flexibility index (Phi) is 6.65. The highest BCUT2D eigenvalue weighted by atomic mass is 35.5. The smallest absolute Gasteiger partial charge is 0.123 e. The van der Waals surface area contributed by atoms with Crippen LogP contribution in [0.5, 0.6) is 0 Å². The van der Waals surface area contributed by atoms with Crippen molar-refractivity contribution in [1.29, 1.82) is 0 Å². The molecule has 1 atom stereocenters. The summed E-state index contributed by atoms with van der Waals surface area (Å²) in [4.78, 5) is 4.10. The van der Waals surface area contributed by atoms with Crippen molar-refractivity contribution in [2.75, 3.05) is 18.8 Å². The molecule has 1 aliphatic heterocycles. The van der Waals surface area contributed by atoms with E-state index in [1.165, 1.54) is 18.4 Å². The monoisotopic (exact) mass is 249 g/mol. The van der Waals surface area contributed by atoms with Crippen molar-refractivity contribution in [2.45, 2.75) is 18.8 Å². The lowest BCUT2D eigenvalue weighted by molar-refractivity contribution is 0.461. The lowest BCUT2D eigenvalue weighted by atomic mass is 9.93. The summed E-state index contributed by atoms with van der Waals surface area (Å²) in [7, 11) is 0. The fourth-order valence-corrected chi connectivity index (χ4v) is 1.79. The molecule has 3 nitrogen and oxygen atoms in total. The van der Waals surface area contributed by atoms with E-state index >= 15 is 0 Å². The van der Waals surface area contributed by atoms with Gasteiger partial charge in [0.15, 0.2) is 0 Å². The Morgan fingerprint density at radius 1 is 1.33 bits per heavy atom. The third-order valence-corrected chi connectivity index (χ3v) is 2.58. The van der Waals surface area contributed by atoms with Gasteiger partial charge in [0.05, 0.1) is 0 Å². The molecule has 1 aliphatic rings. The van der Waals surface area contributed by atoms with Crippen LogP contribution < -0.4 is 11.1 Å². The normalized spacial score (nSPS) is 19.9. The van der Waals surface area contributed by atoms with Crippen molar-refractivity contribution < 1.29 is 0 Å². The summed E-state index contributed by atoms with van der Waals surface area (Å²) >= 11 is 0. The maximum Gasteiger partial charge on any atom is 0.123 e. The highest BCUT2D eigenvalue weighted by molar-refractivity contribution is 5.85. The van der Waals surface area contributed by atoms with Crippen LogP contribution in [0, 0.1) is 0 Å². The van der Waals surface area contributed by atoms with Gasteiger partial charge in [-0.1, -0.05) is 6.07 Å². The molecule has 0 radical (unpaired) electrons. The molecule has 0 saturated carbocycles. The maximum absolute atomic E-state index is 5.53. The Labute approximate surface area is 103 Å². The first-order valence-electron chi connectivity index (χ1n) is 4.78. The summed E-state index contributed by atoms with van der Waals surface area (Å²) < 4.78 is 0. The van der Waals surface area contributed by atoms with E-state index < -0.39 is 0 Å². The second kappa shape index (κ2) is 6.88. The Morgan fingerprint density at radius 2 is 2.13 bits per heavy atom. The van der Waals surface area contributed by atoms with Gasteiger partial charge in [-0.25, -0.2) is 4.98 Å². The Morgan fingerprint density at radius 3 is 2.67 bits per heavy atom. The molecule has 86 valence electrons. The molecule has 0 bridgehead atoms. The first kappa shape index (κ1) is 14.5. The molecule has 0 aliphatic carbocycles. The standard InChI is InChI=1S/C10H15N3.2ClH/c11-10-4-3-9(7-13-10)8-2-1-5-12-6-8;;/h3-4,7-8,12H,1-2,5-6H2,(H2,11,13);2*1H. The van der Waals surface area contributed by atoms with Gasteiger partial charge in [-0.05, 0) is 36.9 Å². The number of halogens is 2. The highest BCUT2D eigenvalue weighted by Gasteiger charge is 2.14. The topological polar surface area (TPSA) is 50.9 Å². The zero-order chi connectivity index (χ0) is 9.10. The average molecular weight is 250 g/mol. The zero-order valence-electron chi connectivity index (χ0n) is 8.48. The predicted octanol–water partition coefficient (Wildman–Crippen LogP) is 1.97. The minimum Gasteiger partial charge on any atom is -0.384 e. The van der Waals surface area contributed by atoms with Gasteiger partial charge in [0, 0.05) is 12.7 Å². The lowest BCUT2D eigenvalue weighted by Crippen LogP contribution is -2.28. The summed E-state index contributed by atoms with van der Waals surface area (Å²) in [5.41, 5.74) is 6.84. The van der Waals surface area contributed by atoms with E-state index in [9.17, 15) is 0 Å². The van der Waals surface area contributed by atoms with Crippen LogP contribution in [0.2, 0.25) is 0 Å². The largest absolute Gasteiger partial charge is 0.384 e. The van der Waals surface area contributed by atoms with Crippen molar-refractivity contribution in [2.24, 2.45) is 0 Å². The molecule has 1 aromatic heterocycles. The molecule has 1 fully saturated rings. The molecule has 0 spiro atoms. The molecule has 5 heteroatoms. The maximum atomic E-state index is 5.53. The molecular formula is C10H17Cl2N3. The van der Waals surface area contributed by atoms with E-state index in [0.29, 0.717) is 11.7 Å². The fourth-order valence-electron chi connectivity index (χ4n) is 1.79. The quantitative estimate of drug-likeness (QED) is 0.801. The number of aromatic nitrogens is 1. The predicted molar refractivity (Wildman–Crippen MR) is 68.0 cm³/mol. The number of nitrogens with one attached hydrogen (secondary N) is 1. The lowest BCUT2D eigenvalue weighted by Gasteiger charge is -2.22. The molecule has 2 heterocycles. The molecule has 3 N–H and O–H groups in total. The molecule has 15 heavy (non-hydrogen) atoms. The van der Waals surface area contributed by atoms with E-state index in [1.807, 2.05) is 12.3 Å². The zero-order valence-corrected chi connectivity index (χ0v) is 10.1. The molecule has 2 rings (SSSR count). The van der Waals surface area contributed by atoms with Crippen LogP contribution in [0.3, 0.4) is 0 Å². The van der Waals surface area contributed by atoms with Crippen LogP contribution in [0.4, 0.5) is 5.82 Å². The number of pyridine rings is 1. The van der Waals surface area contributed by atoms with E-state index in [2.05, 4.69) is 16.4 Å². The average Bonchev–Trinajstić information content (AvgIpc) is 2.20. The number of hydrogen-bond donors (Lipinski definition) is 2. The van der Waals surface area contributed by atoms with Crippen molar-refractivity contribution in [3.05, 3.63) is 23.9 Å². The Balaban J connectivity index is 0.000000980. The van der Waals surface area contributed by atoms with E-state index in [4.69, 9.17) is 5.73 Å². The van der Waals surface area contributed by atoms with Gasteiger partial charge in [0.2, 0.25) is 0 Å². The third kappa shape index (κ3) is 3.86. The Bertz CT molecular complexity index is 271. The first-order chi connectivity index (χ1) is 6.36. The van der Waals surface area contributed by atoms with E-state index in [1.54, 1.807) is 0 Å². The number of hydrogen-bond acceptors (Lipinski definition) is 3. The van der Waals surface area contributed by atoms with Gasteiger partial charge in [0.25, 0.3) is 0 Å². The van der Waals surface area contributed by atoms with Gasteiger partial charge < -0.3 is 11.1 Å². The second-order valence-electron chi connectivity index (χ2n) is 3.56. The molecule has 1 unspecified atom stereocenters. The number of anilines is 1. The van der Waals surface area contributed by atoms with Gasteiger partial charge >= 0.3 is 0 Å². The SMILES string of the molecule is Cl.Cl.Nc1ccc(C2CCCNC2)cn1. The number of rotatable bonds is 1. The summed E-state index contributed by atoms with van der Waals surface area (Å²) in [5, 5.41) is 3.39. The van der Waals surface area contributed by atoms with Crippen molar-refractivity contribution in [3.63, 3.8) is 0 Å². The third-order valence-electron chi connectivity index (χ3n) is 2.58. The van der Waals surface area contributed by atoms with Crippen LogP contribution in [-0.2, 0) is 0 Å². The van der Waals surface area contributed by atoms with Gasteiger partial charge in [-0.2, -0.15) is 0 Å². The Hall–Kier alpha value is -0.510. The van der Waals surface area contributed by atoms with Gasteiger partial charge in [0.1, 0.15) is 5.82 Å². The summed E-state index contributed by atoms with van der Waals surface area (Å²) in [6.07, 6.45) is 4.42. The molecule has 1 aromatic rings. The minimum absolute atomic E-state index is 0. The molecule has 0 aromatic carbocycles. The molecular weight excluding hydrogens is 233 g/mol. The van der Waals surface area contributed by atoms with Crippen molar-refractivity contribution >= 4 is 30.6 Å². The van der Waals surface area contributed by atoms with Crippen LogP contribution >= 0.6 is 24.8 Å². The van der Waals surface area contributed by atoms with E-state index in [0.717, 1.165) is 13.1 Å². The van der Waals surface area contributed by atoms with Crippen LogP contribution in [-0.4, -0.2) is 18.1 Å².